The van der Waals surface area contributed by atoms with Crippen LogP contribution >= 0.6 is 0 Å². The number of benzene rings is 1. The highest BCUT2D eigenvalue weighted by Gasteiger charge is 2.07. The molecule has 0 radical (unpaired) electrons. The molecule has 0 saturated heterocycles. The summed E-state index contributed by atoms with van der Waals surface area (Å²) in [4.78, 5) is 11.7. The van der Waals surface area contributed by atoms with Crippen LogP contribution in [0.5, 0.6) is 0 Å². The second-order valence-corrected chi connectivity index (χ2v) is 5.13. The van der Waals surface area contributed by atoms with E-state index in [4.69, 9.17) is 0 Å². The second kappa shape index (κ2) is 7.68. The first-order chi connectivity index (χ1) is 10.6. The Morgan fingerprint density at radius 3 is 2.59 bits per heavy atom. The van der Waals surface area contributed by atoms with Gasteiger partial charge in [-0.2, -0.15) is 5.10 Å². The van der Waals surface area contributed by atoms with Crippen molar-refractivity contribution in [3.63, 3.8) is 0 Å². The summed E-state index contributed by atoms with van der Waals surface area (Å²) in [6.07, 6.45) is 6.10. The standard InChI is InChI=1S/C16H19F2N3O/c1-2-3-4-5-6-16(22)19-15-7-8-21(20-15)14-10-12(17)9-13(18)11-14/h7-11H,2-6H2,1H3,(H,19,20,22). The van der Waals surface area contributed by atoms with E-state index in [0.717, 1.165) is 31.7 Å². The molecule has 1 N–H and O–H groups in total. The van der Waals surface area contributed by atoms with Crippen molar-refractivity contribution in [1.29, 1.82) is 0 Å². The molecule has 0 saturated carbocycles. The van der Waals surface area contributed by atoms with Gasteiger partial charge in [0.05, 0.1) is 5.69 Å². The van der Waals surface area contributed by atoms with Crippen molar-refractivity contribution in [3.05, 3.63) is 42.1 Å². The van der Waals surface area contributed by atoms with Gasteiger partial charge in [-0.05, 0) is 18.6 Å². The van der Waals surface area contributed by atoms with Gasteiger partial charge in [0.1, 0.15) is 11.6 Å². The number of nitrogens with one attached hydrogen (secondary N) is 1. The Morgan fingerprint density at radius 2 is 1.91 bits per heavy atom. The zero-order valence-electron chi connectivity index (χ0n) is 12.5. The highest BCUT2D eigenvalue weighted by atomic mass is 19.1. The van der Waals surface area contributed by atoms with Gasteiger partial charge in [0.25, 0.3) is 0 Å². The third-order valence-corrected chi connectivity index (χ3v) is 3.23. The zero-order valence-corrected chi connectivity index (χ0v) is 12.5. The first kappa shape index (κ1) is 16.1. The molecule has 0 bridgehead atoms. The first-order valence-electron chi connectivity index (χ1n) is 7.40. The van der Waals surface area contributed by atoms with Gasteiger partial charge >= 0.3 is 0 Å². The molecule has 4 nitrogen and oxygen atoms in total. The van der Waals surface area contributed by atoms with Crippen molar-refractivity contribution in [3.8, 4) is 5.69 Å². The van der Waals surface area contributed by atoms with E-state index in [-0.39, 0.29) is 11.6 Å². The fourth-order valence-corrected chi connectivity index (χ4v) is 2.12. The maximum atomic E-state index is 13.2. The van der Waals surface area contributed by atoms with Gasteiger partial charge in [-0.3, -0.25) is 4.79 Å². The molecule has 0 spiro atoms. The second-order valence-electron chi connectivity index (χ2n) is 5.13. The minimum atomic E-state index is -0.674. The maximum Gasteiger partial charge on any atom is 0.225 e. The molecule has 0 aliphatic rings. The van der Waals surface area contributed by atoms with Crippen LogP contribution in [0.3, 0.4) is 0 Å². The van der Waals surface area contributed by atoms with E-state index >= 15 is 0 Å². The van der Waals surface area contributed by atoms with Gasteiger partial charge in [-0.15, -0.1) is 0 Å². The monoisotopic (exact) mass is 307 g/mol. The molecule has 118 valence electrons. The minimum Gasteiger partial charge on any atom is -0.309 e. The summed E-state index contributed by atoms with van der Waals surface area (Å²) in [5, 5.41) is 6.78. The van der Waals surface area contributed by atoms with E-state index in [1.807, 2.05) is 0 Å². The SMILES string of the molecule is CCCCCCC(=O)Nc1ccn(-c2cc(F)cc(F)c2)n1. The summed E-state index contributed by atoms with van der Waals surface area (Å²) >= 11 is 0. The Labute approximate surface area is 128 Å². The number of unbranched alkanes of at least 4 members (excludes halogenated alkanes) is 3. The number of carbonyl (C=O) groups is 1. The van der Waals surface area contributed by atoms with Crippen LogP contribution in [0.2, 0.25) is 0 Å². The number of hydrogen-bond acceptors (Lipinski definition) is 2. The van der Waals surface area contributed by atoms with Crippen LogP contribution in [-0.4, -0.2) is 15.7 Å². The van der Waals surface area contributed by atoms with Gasteiger partial charge in [0.2, 0.25) is 5.91 Å². The van der Waals surface area contributed by atoms with Crippen molar-refractivity contribution < 1.29 is 13.6 Å². The first-order valence-corrected chi connectivity index (χ1v) is 7.40. The van der Waals surface area contributed by atoms with E-state index in [1.54, 1.807) is 12.3 Å². The largest absolute Gasteiger partial charge is 0.309 e. The van der Waals surface area contributed by atoms with Crippen molar-refractivity contribution in [1.82, 2.24) is 9.78 Å². The Balaban J connectivity index is 1.95. The molecule has 0 aliphatic heterocycles. The van der Waals surface area contributed by atoms with Gasteiger partial charge in [-0.1, -0.05) is 26.2 Å². The summed E-state index contributed by atoms with van der Waals surface area (Å²) < 4.78 is 27.7. The number of rotatable bonds is 7. The molecule has 1 heterocycles. The quantitative estimate of drug-likeness (QED) is 0.784. The van der Waals surface area contributed by atoms with Crippen LogP contribution < -0.4 is 5.32 Å². The van der Waals surface area contributed by atoms with Crippen molar-refractivity contribution in [2.24, 2.45) is 0 Å². The lowest BCUT2D eigenvalue weighted by Crippen LogP contribution is -2.12. The zero-order chi connectivity index (χ0) is 15.9. The average molecular weight is 307 g/mol. The highest BCUT2D eigenvalue weighted by Crippen LogP contribution is 2.14. The molecule has 1 amide bonds. The van der Waals surface area contributed by atoms with E-state index in [2.05, 4.69) is 17.3 Å². The Kier molecular flexibility index (Phi) is 5.63. The van der Waals surface area contributed by atoms with Crippen LogP contribution in [0.4, 0.5) is 14.6 Å². The molecular weight excluding hydrogens is 288 g/mol. The number of nitrogens with zero attached hydrogens (tertiary/aromatic N) is 2. The molecule has 0 atom stereocenters. The van der Waals surface area contributed by atoms with E-state index in [1.165, 1.54) is 16.8 Å². The predicted octanol–water partition coefficient (Wildman–Crippen LogP) is 4.06. The molecule has 0 aliphatic carbocycles. The number of halogens is 2. The lowest BCUT2D eigenvalue weighted by Gasteiger charge is -2.03. The van der Waals surface area contributed by atoms with Gasteiger partial charge < -0.3 is 5.32 Å². The third-order valence-electron chi connectivity index (χ3n) is 3.23. The van der Waals surface area contributed by atoms with E-state index in [0.29, 0.717) is 12.2 Å². The smallest absolute Gasteiger partial charge is 0.225 e. The summed E-state index contributed by atoms with van der Waals surface area (Å²) in [6.45, 7) is 2.11. The Morgan fingerprint density at radius 1 is 1.18 bits per heavy atom. The van der Waals surface area contributed by atoms with Crippen molar-refractivity contribution >= 4 is 11.7 Å². The van der Waals surface area contributed by atoms with Crippen LogP contribution in [-0.2, 0) is 4.79 Å². The van der Waals surface area contributed by atoms with E-state index in [9.17, 15) is 13.6 Å². The molecule has 22 heavy (non-hydrogen) atoms. The number of aromatic nitrogens is 2. The lowest BCUT2D eigenvalue weighted by molar-refractivity contribution is -0.116. The molecular formula is C16H19F2N3O. The molecule has 0 fully saturated rings. The van der Waals surface area contributed by atoms with Gasteiger partial charge in [0.15, 0.2) is 5.82 Å². The Hall–Kier alpha value is -2.24. The van der Waals surface area contributed by atoms with Crippen LogP contribution in [0.1, 0.15) is 39.0 Å². The summed E-state index contributed by atoms with van der Waals surface area (Å²) in [5.41, 5.74) is 0.265. The molecule has 6 heteroatoms. The fraction of sp³-hybridized carbons (Fsp3) is 0.375. The van der Waals surface area contributed by atoms with Gasteiger partial charge in [-0.25, -0.2) is 13.5 Å². The fourth-order valence-electron chi connectivity index (χ4n) is 2.12. The topological polar surface area (TPSA) is 46.9 Å². The van der Waals surface area contributed by atoms with E-state index < -0.39 is 11.6 Å². The van der Waals surface area contributed by atoms with Gasteiger partial charge in [0, 0.05) is 24.8 Å². The molecule has 1 aromatic carbocycles. The number of hydrogen-bond donors (Lipinski definition) is 1. The van der Waals surface area contributed by atoms with Crippen molar-refractivity contribution in [2.45, 2.75) is 39.0 Å². The molecule has 2 rings (SSSR count). The Bertz CT molecular complexity index is 620. The maximum absolute atomic E-state index is 13.2. The average Bonchev–Trinajstić information content (AvgIpc) is 2.91. The summed E-state index contributed by atoms with van der Waals surface area (Å²) in [7, 11) is 0. The highest BCUT2D eigenvalue weighted by molar-refractivity contribution is 5.89. The minimum absolute atomic E-state index is 0.105. The predicted molar refractivity (Wildman–Crippen MR) is 80.9 cm³/mol. The molecule has 0 unspecified atom stereocenters. The van der Waals surface area contributed by atoms with Crippen molar-refractivity contribution in [2.75, 3.05) is 5.32 Å². The van der Waals surface area contributed by atoms with Crippen LogP contribution in [0.25, 0.3) is 5.69 Å². The molecule has 1 aromatic heterocycles. The van der Waals surface area contributed by atoms with Crippen LogP contribution in [0, 0.1) is 11.6 Å². The summed E-state index contributed by atoms with van der Waals surface area (Å²) in [5.74, 6) is -1.09. The van der Waals surface area contributed by atoms with Crippen LogP contribution in [0.15, 0.2) is 30.5 Å². The normalized spacial score (nSPS) is 10.7. The number of amides is 1. The number of anilines is 1. The molecule has 2 aromatic rings. The summed E-state index contributed by atoms with van der Waals surface area (Å²) in [6, 6.07) is 4.73. The lowest BCUT2D eigenvalue weighted by atomic mass is 10.1. The third kappa shape index (κ3) is 4.65. The number of carbonyl (C=O) groups excluding carboxylic acids is 1.